The molecule has 2 nitrogen and oxygen atoms in total. The zero-order chi connectivity index (χ0) is 22.2. The van der Waals surface area contributed by atoms with Gasteiger partial charge in [0.2, 0.25) is 0 Å². The third-order valence-electron chi connectivity index (χ3n) is 6.30. The van der Waals surface area contributed by atoms with Crippen molar-refractivity contribution in [3.05, 3.63) is 96.6 Å². The molecule has 3 heteroatoms. The maximum atomic E-state index is 11.6. The molecule has 0 aromatic heterocycles. The minimum absolute atomic E-state index is 0.0796. The summed E-state index contributed by atoms with van der Waals surface area (Å²) in [5.41, 5.74) is 1.16. The largest absolute Gasteiger partial charge is 0.376 e. The highest BCUT2D eigenvalue weighted by molar-refractivity contribution is 7.04. The lowest BCUT2D eigenvalue weighted by atomic mass is 10.1. The molecule has 0 aliphatic rings. The van der Waals surface area contributed by atoms with Crippen molar-refractivity contribution < 1.29 is 9.53 Å². The maximum Gasteiger partial charge on any atom is 0.123 e. The van der Waals surface area contributed by atoms with Crippen LogP contribution in [0.4, 0.5) is 0 Å². The van der Waals surface area contributed by atoms with E-state index in [2.05, 4.69) is 93.6 Å². The van der Waals surface area contributed by atoms with Crippen molar-refractivity contribution in [2.75, 3.05) is 6.61 Å². The molecule has 0 amide bonds. The number of carbonyl (C=O) groups is 1. The Morgan fingerprint density at radius 3 is 1.74 bits per heavy atom. The van der Waals surface area contributed by atoms with Gasteiger partial charge in [-0.15, -0.1) is 0 Å². The molecule has 3 rings (SSSR count). The van der Waals surface area contributed by atoms with Gasteiger partial charge in [0.15, 0.2) is 0 Å². The van der Waals surface area contributed by atoms with Crippen molar-refractivity contribution in [2.45, 2.75) is 44.9 Å². The van der Waals surface area contributed by atoms with Crippen molar-refractivity contribution in [2.24, 2.45) is 5.92 Å². The summed E-state index contributed by atoms with van der Waals surface area (Å²) in [5, 5.41) is 2.93. The fraction of sp³-hybridized carbons (Fsp3) is 0.321. The zero-order valence-corrected chi connectivity index (χ0v) is 20.0. The molecule has 0 N–H and O–H groups in total. The summed E-state index contributed by atoms with van der Waals surface area (Å²) in [4.78, 5) is 11.6. The van der Waals surface area contributed by atoms with Gasteiger partial charge in [0.25, 0.3) is 0 Å². The van der Waals surface area contributed by atoms with Crippen LogP contribution >= 0.6 is 0 Å². The first-order valence-corrected chi connectivity index (χ1v) is 13.3. The molecule has 0 saturated carbocycles. The van der Waals surface area contributed by atoms with Gasteiger partial charge >= 0.3 is 0 Å². The van der Waals surface area contributed by atoms with E-state index in [-0.39, 0.29) is 11.0 Å². The Bertz CT molecular complexity index is 878. The second-order valence-electron chi connectivity index (χ2n) is 9.36. The van der Waals surface area contributed by atoms with Crippen LogP contribution in [-0.2, 0) is 16.1 Å². The van der Waals surface area contributed by atoms with Crippen LogP contribution in [0.1, 0.15) is 32.8 Å². The van der Waals surface area contributed by atoms with Crippen LogP contribution < -0.4 is 10.4 Å². The SMILES string of the molecule is CC(C)(C)[Si](C[C@@H](CC=O)COCc1ccccc1)(c1ccccc1)c1ccccc1. The molecule has 0 heterocycles. The topological polar surface area (TPSA) is 26.3 Å². The van der Waals surface area contributed by atoms with Gasteiger partial charge in [-0.25, -0.2) is 0 Å². The Labute approximate surface area is 188 Å². The Morgan fingerprint density at radius 1 is 0.806 bits per heavy atom. The molecule has 0 aliphatic carbocycles. The molecular formula is C28H34O2Si. The monoisotopic (exact) mass is 430 g/mol. The smallest absolute Gasteiger partial charge is 0.123 e. The fourth-order valence-corrected chi connectivity index (χ4v) is 10.5. The van der Waals surface area contributed by atoms with Crippen LogP contribution in [0.5, 0.6) is 0 Å². The first-order chi connectivity index (χ1) is 15.0. The molecule has 0 radical (unpaired) electrons. The summed E-state index contributed by atoms with van der Waals surface area (Å²) in [6, 6.07) is 33.1. The van der Waals surface area contributed by atoms with Crippen molar-refractivity contribution >= 4 is 24.7 Å². The summed E-state index contributed by atoms with van der Waals surface area (Å²) in [6.07, 6.45) is 1.59. The highest BCUT2D eigenvalue weighted by atomic mass is 28.3. The number of hydrogen-bond donors (Lipinski definition) is 0. The number of ether oxygens (including phenoxy) is 1. The Morgan fingerprint density at radius 2 is 1.29 bits per heavy atom. The van der Waals surface area contributed by atoms with E-state index in [0.29, 0.717) is 19.6 Å². The second-order valence-corrected chi connectivity index (χ2v) is 14.2. The van der Waals surface area contributed by atoms with E-state index in [9.17, 15) is 4.79 Å². The lowest BCUT2D eigenvalue weighted by Gasteiger charge is -2.46. The molecule has 0 unspecified atom stereocenters. The van der Waals surface area contributed by atoms with E-state index in [0.717, 1.165) is 17.9 Å². The lowest BCUT2D eigenvalue weighted by Crippen LogP contribution is -2.65. The Kier molecular flexibility index (Phi) is 8.00. The number of hydrogen-bond acceptors (Lipinski definition) is 2. The normalized spacial score (nSPS) is 13.0. The minimum atomic E-state index is -2.22. The van der Waals surface area contributed by atoms with Crippen LogP contribution in [0.25, 0.3) is 0 Å². The van der Waals surface area contributed by atoms with Gasteiger partial charge in [0.05, 0.1) is 13.2 Å². The molecule has 0 bridgehead atoms. The lowest BCUT2D eigenvalue weighted by molar-refractivity contribution is -0.109. The average Bonchev–Trinajstić information content (AvgIpc) is 2.78. The first-order valence-electron chi connectivity index (χ1n) is 11.1. The number of rotatable bonds is 10. The molecule has 3 aromatic carbocycles. The second kappa shape index (κ2) is 10.7. The van der Waals surface area contributed by atoms with Gasteiger partial charge in [-0.2, -0.15) is 0 Å². The number of aldehydes is 1. The van der Waals surface area contributed by atoms with Crippen molar-refractivity contribution in [3.63, 3.8) is 0 Å². The van der Waals surface area contributed by atoms with Crippen LogP contribution in [0.3, 0.4) is 0 Å². The van der Waals surface area contributed by atoms with E-state index in [4.69, 9.17) is 4.74 Å². The maximum absolute atomic E-state index is 11.6. The Balaban J connectivity index is 1.94. The first kappa shape index (κ1) is 23.2. The van der Waals surface area contributed by atoms with E-state index in [1.165, 1.54) is 10.4 Å². The van der Waals surface area contributed by atoms with Crippen LogP contribution in [0.2, 0.25) is 11.1 Å². The quantitative estimate of drug-likeness (QED) is 0.315. The molecule has 0 fully saturated rings. The fourth-order valence-electron chi connectivity index (χ4n) is 4.72. The van der Waals surface area contributed by atoms with Crippen molar-refractivity contribution in [1.29, 1.82) is 0 Å². The number of carbonyl (C=O) groups excluding carboxylic acids is 1. The molecular weight excluding hydrogens is 396 g/mol. The average molecular weight is 431 g/mol. The third-order valence-corrected chi connectivity index (χ3v) is 12.7. The summed E-state index contributed by atoms with van der Waals surface area (Å²) < 4.78 is 6.13. The summed E-state index contributed by atoms with van der Waals surface area (Å²) in [6.45, 7) is 8.27. The summed E-state index contributed by atoms with van der Waals surface area (Å²) >= 11 is 0. The van der Waals surface area contributed by atoms with Gasteiger partial charge in [0, 0.05) is 6.42 Å². The molecule has 1 atom stereocenters. The minimum Gasteiger partial charge on any atom is -0.376 e. The number of benzene rings is 3. The van der Waals surface area contributed by atoms with Crippen LogP contribution in [0, 0.1) is 5.92 Å². The van der Waals surface area contributed by atoms with E-state index in [1.54, 1.807) is 0 Å². The predicted octanol–water partition coefficient (Wildman–Crippen LogP) is 5.47. The molecule has 0 aliphatic heterocycles. The van der Waals surface area contributed by atoms with E-state index in [1.807, 2.05) is 18.2 Å². The molecule has 0 saturated heterocycles. The van der Waals surface area contributed by atoms with Gasteiger partial charge in [-0.05, 0) is 22.6 Å². The van der Waals surface area contributed by atoms with Gasteiger partial charge < -0.3 is 9.53 Å². The highest BCUT2D eigenvalue weighted by Crippen LogP contribution is 2.41. The zero-order valence-electron chi connectivity index (χ0n) is 19.0. The standard InChI is InChI=1S/C28H34O2Si/c1-28(2,3)31(26-15-9-5-10-16-26,27-17-11-6-12-18-27)23-25(19-20-29)22-30-21-24-13-7-4-8-14-24/h4-18,20,25H,19,21-23H2,1-3H3/t25-/m0/s1. The molecule has 31 heavy (non-hydrogen) atoms. The van der Waals surface area contributed by atoms with Crippen molar-refractivity contribution in [3.8, 4) is 0 Å². The van der Waals surface area contributed by atoms with E-state index >= 15 is 0 Å². The summed E-state index contributed by atoms with van der Waals surface area (Å²) in [7, 11) is -2.22. The van der Waals surface area contributed by atoms with Gasteiger partial charge in [-0.1, -0.05) is 122 Å². The predicted molar refractivity (Wildman–Crippen MR) is 133 cm³/mol. The van der Waals surface area contributed by atoms with Crippen LogP contribution in [-0.4, -0.2) is 21.0 Å². The van der Waals surface area contributed by atoms with E-state index < -0.39 is 8.07 Å². The van der Waals surface area contributed by atoms with Crippen molar-refractivity contribution in [1.82, 2.24) is 0 Å². The Hall–Kier alpha value is -2.49. The van der Waals surface area contributed by atoms with Crippen LogP contribution in [0.15, 0.2) is 91.0 Å². The summed E-state index contributed by atoms with van der Waals surface area (Å²) in [5.74, 6) is 0.188. The third kappa shape index (κ3) is 5.60. The molecule has 0 spiro atoms. The molecule has 3 aromatic rings. The van der Waals surface area contributed by atoms with Gasteiger partial charge in [0.1, 0.15) is 14.4 Å². The molecule has 162 valence electrons. The highest BCUT2D eigenvalue weighted by Gasteiger charge is 2.48. The van der Waals surface area contributed by atoms with Gasteiger partial charge in [-0.3, -0.25) is 0 Å².